The molecule has 0 unspecified atom stereocenters. The lowest BCUT2D eigenvalue weighted by atomic mass is 10.1. The topological polar surface area (TPSA) is 37.2 Å². The van der Waals surface area contributed by atoms with Crippen molar-refractivity contribution in [3.8, 4) is 0 Å². The lowest BCUT2D eigenvalue weighted by Crippen LogP contribution is -2.47. The van der Waals surface area contributed by atoms with Gasteiger partial charge in [-0.25, -0.2) is 0 Å². The number of aromatic nitrogens is 3. The molecule has 0 N–H and O–H groups in total. The fourth-order valence-electron chi connectivity index (χ4n) is 2.75. The largest absolute Gasteiger partial charge is 0.366 e. The summed E-state index contributed by atoms with van der Waals surface area (Å²) in [6, 6.07) is 6.52. The van der Waals surface area contributed by atoms with Crippen LogP contribution in [0.2, 0.25) is 0 Å². The standard InChI is InChI=1S/C15H21N5/c1-13(15-5-3-4-6-16-15)19-7-9-20(10-8-19)14-11-17-18(2)12-14/h3-6,11-13H,7-10H2,1-2H3/t13-/m1/s1. The van der Waals surface area contributed by atoms with Gasteiger partial charge in [0.05, 0.1) is 17.6 Å². The van der Waals surface area contributed by atoms with E-state index in [9.17, 15) is 0 Å². The zero-order valence-electron chi connectivity index (χ0n) is 12.1. The number of hydrogen-bond acceptors (Lipinski definition) is 4. The monoisotopic (exact) mass is 271 g/mol. The van der Waals surface area contributed by atoms with E-state index in [0.29, 0.717) is 6.04 Å². The smallest absolute Gasteiger partial charge is 0.0753 e. The highest BCUT2D eigenvalue weighted by Gasteiger charge is 2.23. The SMILES string of the molecule is C[C@H](c1ccccn1)N1CCN(c2cnn(C)c2)CC1. The second-order valence-corrected chi connectivity index (χ2v) is 5.33. The third-order valence-corrected chi connectivity index (χ3v) is 4.03. The maximum Gasteiger partial charge on any atom is 0.0753 e. The van der Waals surface area contributed by atoms with Crippen LogP contribution in [0.3, 0.4) is 0 Å². The Morgan fingerprint density at radius 1 is 1.15 bits per heavy atom. The normalized spacial score (nSPS) is 18.2. The van der Waals surface area contributed by atoms with Crippen molar-refractivity contribution >= 4 is 5.69 Å². The van der Waals surface area contributed by atoms with Crippen LogP contribution in [0.25, 0.3) is 0 Å². The van der Waals surface area contributed by atoms with E-state index >= 15 is 0 Å². The summed E-state index contributed by atoms with van der Waals surface area (Å²) >= 11 is 0. The van der Waals surface area contributed by atoms with Crippen molar-refractivity contribution in [2.45, 2.75) is 13.0 Å². The van der Waals surface area contributed by atoms with Gasteiger partial charge in [0.1, 0.15) is 0 Å². The first-order valence-corrected chi connectivity index (χ1v) is 7.12. The Kier molecular flexibility index (Phi) is 3.69. The number of rotatable bonds is 3. The summed E-state index contributed by atoms with van der Waals surface area (Å²) in [6.07, 6.45) is 5.90. The van der Waals surface area contributed by atoms with Crippen LogP contribution in [-0.2, 0) is 7.05 Å². The van der Waals surface area contributed by atoms with Crippen molar-refractivity contribution in [1.29, 1.82) is 0 Å². The first kappa shape index (κ1) is 13.1. The molecule has 1 saturated heterocycles. The van der Waals surface area contributed by atoms with Crippen molar-refractivity contribution in [3.63, 3.8) is 0 Å². The highest BCUT2D eigenvalue weighted by atomic mass is 15.3. The minimum absolute atomic E-state index is 0.382. The van der Waals surface area contributed by atoms with Crippen molar-refractivity contribution in [3.05, 3.63) is 42.5 Å². The molecule has 5 nitrogen and oxygen atoms in total. The third kappa shape index (κ3) is 2.67. The number of pyridine rings is 1. The van der Waals surface area contributed by atoms with E-state index in [0.717, 1.165) is 31.9 Å². The van der Waals surface area contributed by atoms with Crippen LogP contribution in [0, 0.1) is 0 Å². The van der Waals surface area contributed by atoms with E-state index < -0.39 is 0 Å². The molecule has 20 heavy (non-hydrogen) atoms. The summed E-state index contributed by atoms with van der Waals surface area (Å²) in [5.74, 6) is 0. The summed E-state index contributed by atoms with van der Waals surface area (Å²) < 4.78 is 1.86. The minimum Gasteiger partial charge on any atom is -0.366 e. The molecule has 1 aliphatic rings. The van der Waals surface area contributed by atoms with Gasteiger partial charge in [-0.2, -0.15) is 5.10 Å². The zero-order chi connectivity index (χ0) is 13.9. The van der Waals surface area contributed by atoms with Crippen LogP contribution >= 0.6 is 0 Å². The van der Waals surface area contributed by atoms with Crippen molar-refractivity contribution in [2.75, 3.05) is 31.1 Å². The van der Waals surface area contributed by atoms with Crippen molar-refractivity contribution in [2.24, 2.45) is 7.05 Å². The Morgan fingerprint density at radius 3 is 2.55 bits per heavy atom. The highest BCUT2D eigenvalue weighted by molar-refractivity contribution is 5.42. The average Bonchev–Trinajstić information content (AvgIpc) is 2.94. The quantitative estimate of drug-likeness (QED) is 0.851. The molecule has 0 amide bonds. The lowest BCUT2D eigenvalue weighted by Gasteiger charge is -2.38. The summed E-state index contributed by atoms with van der Waals surface area (Å²) in [4.78, 5) is 9.36. The number of hydrogen-bond donors (Lipinski definition) is 0. The molecular formula is C15H21N5. The molecule has 0 radical (unpaired) electrons. The maximum absolute atomic E-state index is 4.47. The molecule has 106 valence electrons. The third-order valence-electron chi connectivity index (χ3n) is 4.03. The lowest BCUT2D eigenvalue weighted by molar-refractivity contribution is 0.195. The highest BCUT2D eigenvalue weighted by Crippen LogP contribution is 2.22. The van der Waals surface area contributed by atoms with Gasteiger partial charge in [-0.05, 0) is 19.1 Å². The second-order valence-electron chi connectivity index (χ2n) is 5.33. The Labute approximate surface area is 119 Å². The van der Waals surface area contributed by atoms with E-state index in [-0.39, 0.29) is 0 Å². The van der Waals surface area contributed by atoms with E-state index in [1.807, 2.05) is 30.2 Å². The Hall–Kier alpha value is -1.88. The molecular weight excluding hydrogens is 250 g/mol. The number of piperazine rings is 1. The van der Waals surface area contributed by atoms with Crippen LogP contribution in [0.1, 0.15) is 18.7 Å². The number of nitrogens with zero attached hydrogens (tertiary/aromatic N) is 5. The van der Waals surface area contributed by atoms with Gasteiger partial charge in [-0.3, -0.25) is 14.6 Å². The van der Waals surface area contributed by atoms with Gasteiger partial charge in [0.2, 0.25) is 0 Å². The number of anilines is 1. The Bertz CT molecular complexity index is 542. The molecule has 5 heteroatoms. The van der Waals surface area contributed by atoms with E-state index in [2.05, 4.69) is 45.1 Å². The fraction of sp³-hybridized carbons (Fsp3) is 0.467. The van der Waals surface area contributed by atoms with Gasteiger partial charge < -0.3 is 4.90 Å². The molecule has 0 spiro atoms. The second kappa shape index (κ2) is 5.63. The molecule has 2 aromatic heterocycles. The van der Waals surface area contributed by atoms with Crippen LogP contribution in [0.5, 0.6) is 0 Å². The summed E-state index contributed by atoms with van der Waals surface area (Å²) in [7, 11) is 1.96. The molecule has 3 rings (SSSR count). The molecule has 0 aromatic carbocycles. The summed E-state index contributed by atoms with van der Waals surface area (Å²) in [6.45, 7) is 6.45. The van der Waals surface area contributed by atoms with Gasteiger partial charge in [0.25, 0.3) is 0 Å². The van der Waals surface area contributed by atoms with Crippen LogP contribution in [0.15, 0.2) is 36.8 Å². The first-order chi connectivity index (χ1) is 9.74. The average molecular weight is 271 g/mol. The summed E-state index contributed by atoms with van der Waals surface area (Å²) in [5.41, 5.74) is 2.37. The maximum atomic E-state index is 4.47. The molecule has 0 bridgehead atoms. The van der Waals surface area contributed by atoms with Gasteiger partial charge in [-0.15, -0.1) is 0 Å². The van der Waals surface area contributed by atoms with Gasteiger partial charge in [-0.1, -0.05) is 6.07 Å². The van der Waals surface area contributed by atoms with Crippen LogP contribution in [0.4, 0.5) is 5.69 Å². The molecule has 0 saturated carbocycles. The van der Waals surface area contributed by atoms with Crippen molar-refractivity contribution < 1.29 is 0 Å². The minimum atomic E-state index is 0.382. The summed E-state index contributed by atoms with van der Waals surface area (Å²) in [5, 5.41) is 4.24. The molecule has 1 atom stereocenters. The predicted octanol–water partition coefficient (Wildman–Crippen LogP) is 1.70. The van der Waals surface area contributed by atoms with Crippen molar-refractivity contribution in [1.82, 2.24) is 19.7 Å². The predicted molar refractivity (Wildman–Crippen MR) is 79.6 cm³/mol. The Balaban J connectivity index is 1.61. The molecule has 1 aliphatic heterocycles. The first-order valence-electron chi connectivity index (χ1n) is 7.12. The molecule has 2 aromatic rings. The van der Waals surface area contributed by atoms with Gasteiger partial charge >= 0.3 is 0 Å². The van der Waals surface area contributed by atoms with E-state index in [1.54, 1.807) is 0 Å². The molecule has 3 heterocycles. The molecule has 1 fully saturated rings. The van der Waals surface area contributed by atoms with Crippen LogP contribution < -0.4 is 4.90 Å². The fourth-order valence-corrected chi connectivity index (χ4v) is 2.75. The van der Waals surface area contributed by atoms with Gasteiger partial charge in [0.15, 0.2) is 0 Å². The number of aryl methyl sites for hydroxylation is 1. The Morgan fingerprint density at radius 2 is 1.95 bits per heavy atom. The molecule has 0 aliphatic carbocycles. The van der Waals surface area contributed by atoms with E-state index in [4.69, 9.17) is 0 Å². The van der Waals surface area contributed by atoms with Gasteiger partial charge in [0, 0.05) is 51.7 Å². The zero-order valence-corrected chi connectivity index (χ0v) is 12.1. The van der Waals surface area contributed by atoms with Crippen LogP contribution in [-0.4, -0.2) is 45.8 Å². The van der Waals surface area contributed by atoms with E-state index in [1.165, 1.54) is 5.69 Å².